The van der Waals surface area contributed by atoms with Gasteiger partial charge < -0.3 is 32.0 Å². The number of benzene rings is 2. The van der Waals surface area contributed by atoms with E-state index < -0.39 is 10.0 Å². The number of nitrogens with two attached hydrogens (primary N) is 2. The maximum Gasteiger partial charge on any atom is 0.354 e. The first kappa shape index (κ1) is 45.0. The molecule has 14 heteroatoms. The highest BCUT2D eigenvalue weighted by Crippen LogP contribution is 2.29. The molecule has 58 heavy (non-hydrogen) atoms. The Morgan fingerprint density at radius 3 is 2.31 bits per heavy atom. The largest absolute Gasteiger partial charge is 0.370 e. The zero-order chi connectivity index (χ0) is 41.9. The van der Waals surface area contributed by atoms with Gasteiger partial charge in [0.2, 0.25) is 10.0 Å². The summed E-state index contributed by atoms with van der Waals surface area (Å²) in [5, 5.41) is 7.64. The van der Waals surface area contributed by atoms with Gasteiger partial charge in [0, 0.05) is 48.4 Å². The van der Waals surface area contributed by atoms with Gasteiger partial charge in [-0.15, -0.1) is 0 Å². The number of aromatic nitrogens is 3. The van der Waals surface area contributed by atoms with E-state index in [0.717, 1.165) is 99.4 Å². The van der Waals surface area contributed by atoms with Crippen molar-refractivity contribution in [3.05, 3.63) is 88.1 Å². The second-order valence-electron chi connectivity index (χ2n) is 17.8. The van der Waals surface area contributed by atoms with Gasteiger partial charge in [-0.2, -0.15) is 9.29 Å². The molecule has 4 aromatic rings. The van der Waals surface area contributed by atoms with Crippen LogP contribution in [-0.2, 0) is 27.4 Å². The van der Waals surface area contributed by atoms with E-state index in [-0.39, 0.29) is 28.5 Å². The Hall–Kier alpha value is -4.08. The molecule has 7 N–H and O–H groups in total. The standard InChI is InChI=1S/C23H39N3O2S.C21H29N7O/c1-23(2,3)20-9-7-10-22(19-20)29(27,28)26(21-11-13-24-14-12-21)18-8-17-25-15-5-4-6-16-25;1-21(2,3)17-11-15-13-28(20(29)27-18(15)26-17)16-7-5-14(6-8-16)12-24-9-4-10-25-19(22)23/h7,9-10,19,21,24H,4-6,8,11-18H2,1-3H3;5-8,11,13,24H,4,9-10,12H2,1-3H3,(H4,22,23,25)(H,26,27,29). The van der Waals surface area contributed by atoms with Crippen LogP contribution < -0.4 is 27.8 Å². The molecule has 0 atom stereocenters. The van der Waals surface area contributed by atoms with Crippen LogP contribution in [0.3, 0.4) is 0 Å². The van der Waals surface area contributed by atoms with Crippen LogP contribution in [0.25, 0.3) is 16.7 Å². The van der Waals surface area contributed by atoms with E-state index in [4.69, 9.17) is 11.5 Å². The second kappa shape index (κ2) is 20.3. The molecule has 6 rings (SSSR count). The number of hydrogen-bond acceptors (Lipinski definition) is 8. The summed E-state index contributed by atoms with van der Waals surface area (Å²) in [6, 6.07) is 17.6. The first-order chi connectivity index (χ1) is 27.5. The molecule has 0 unspecified atom stereocenters. The van der Waals surface area contributed by atoms with Gasteiger partial charge in [-0.1, -0.05) is 72.2 Å². The lowest BCUT2D eigenvalue weighted by molar-refractivity contribution is 0.205. The monoisotopic (exact) mass is 817 g/mol. The number of likely N-dealkylation sites (tertiary alicyclic amines) is 1. The first-order valence-corrected chi connectivity index (χ1v) is 22.5. The van der Waals surface area contributed by atoms with E-state index in [1.54, 1.807) is 10.6 Å². The number of guanidine groups is 1. The van der Waals surface area contributed by atoms with Crippen LogP contribution >= 0.6 is 0 Å². The molecule has 0 amide bonds. The van der Waals surface area contributed by atoms with Crippen LogP contribution in [0.1, 0.15) is 103 Å². The highest BCUT2D eigenvalue weighted by atomic mass is 32.2. The third-order valence-electron chi connectivity index (χ3n) is 11.0. The van der Waals surface area contributed by atoms with Crippen LogP contribution in [0, 0.1) is 0 Å². The van der Waals surface area contributed by atoms with E-state index >= 15 is 0 Å². The normalized spacial score (nSPS) is 16.0. The van der Waals surface area contributed by atoms with E-state index in [0.29, 0.717) is 23.6 Å². The molecule has 0 saturated carbocycles. The molecule has 2 aromatic carbocycles. The summed E-state index contributed by atoms with van der Waals surface area (Å²) in [7, 11) is -3.50. The lowest BCUT2D eigenvalue weighted by atomic mass is 9.87. The number of nitrogens with zero attached hydrogens (tertiary/aromatic N) is 5. The molecule has 0 spiro atoms. The average Bonchev–Trinajstić information content (AvgIpc) is 3.62. The summed E-state index contributed by atoms with van der Waals surface area (Å²) < 4.78 is 30.8. The molecule has 13 nitrogen and oxygen atoms in total. The third-order valence-corrected chi connectivity index (χ3v) is 12.9. The second-order valence-corrected chi connectivity index (χ2v) is 19.7. The quantitative estimate of drug-likeness (QED) is 0.0636. The fourth-order valence-electron chi connectivity index (χ4n) is 7.49. The van der Waals surface area contributed by atoms with Gasteiger partial charge in [-0.3, -0.25) is 9.56 Å². The van der Waals surface area contributed by atoms with Crippen LogP contribution in [0.4, 0.5) is 0 Å². The molecule has 0 aliphatic carbocycles. The summed E-state index contributed by atoms with van der Waals surface area (Å²) in [4.78, 5) is 26.8. The number of aromatic amines is 1. The Labute approximate surface area is 346 Å². The van der Waals surface area contributed by atoms with Crippen LogP contribution in [-0.4, -0.2) is 96.5 Å². The lowest BCUT2D eigenvalue weighted by Gasteiger charge is -2.35. The summed E-state index contributed by atoms with van der Waals surface area (Å²) in [6.07, 6.45) is 9.27. The number of aliphatic imine (C=N–C) groups is 1. The van der Waals surface area contributed by atoms with Crippen molar-refractivity contribution >= 4 is 27.0 Å². The Kier molecular flexibility index (Phi) is 15.7. The van der Waals surface area contributed by atoms with Gasteiger partial charge in [0.1, 0.15) is 5.65 Å². The molecule has 2 fully saturated rings. The molecule has 0 radical (unpaired) electrons. The van der Waals surface area contributed by atoms with Crippen LogP contribution in [0.5, 0.6) is 0 Å². The lowest BCUT2D eigenvalue weighted by Crippen LogP contribution is -2.47. The molecule has 2 aromatic heterocycles. The van der Waals surface area contributed by atoms with Crippen molar-refractivity contribution < 1.29 is 8.42 Å². The zero-order valence-corrected chi connectivity index (χ0v) is 36.5. The topological polar surface area (TPSA) is 180 Å². The van der Waals surface area contributed by atoms with Crippen molar-refractivity contribution in [3.63, 3.8) is 0 Å². The number of fused-ring (bicyclic) bond motifs is 1. The SMILES string of the molecule is CC(C)(C)c1cc2cn(-c3ccc(CNCCCN=C(N)N)cc3)c(=O)nc2[nH]1.CC(C)(C)c1cccc(S(=O)(=O)N(CCCN2CCCCC2)C2CCNCC2)c1. The molecular formula is C44H68N10O3S. The van der Waals surface area contributed by atoms with Crippen LogP contribution in [0.2, 0.25) is 0 Å². The number of rotatable bonds is 14. The summed E-state index contributed by atoms with van der Waals surface area (Å²) in [5.74, 6) is 0.123. The molecule has 318 valence electrons. The number of hydrogen-bond donors (Lipinski definition) is 5. The molecule has 2 saturated heterocycles. The first-order valence-electron chi connectivity index (χ1n) is 21.1. The van der Waals surface area contributed by atoms with Crippen molar-refractivity contribution in [1.29, 1.82) is 0 Å². The maximum absolute atomic E-state index is 13.7. The van der Waals surface area contributed by atoms with E-state index in [2.05, 4.69) is 78.1 Å². The van der Waals surface area contributed by atoms with Crippen molar-refractivity contribution in [2.45, 2.75) is 115 Å². The molecule has 4 heterocycles. The predicted molar refractivity (Wildman–Crippen MR) is 237 cm³/mol. The van der Waals surface area contributed by atoms with Crippen molar-refractivity contribution in [1.82, 2.24) is 34.4 Å². The van der Waals surface area contributed by atoms with Gasteiger partial charge in [-0.25, -0.2) is 13.2 Å². The van der Waals surface area contributed by atoms with Gasteiger partial charge in [0.25, 0.3) is 0 Å². The Morgan fingerprint density at radius 1 is 0.948 bits per heavy atom. The summed E-state index contributed by atoms with van der Waals surface area (Å²) in [5.41, 5.74) is 14.9. The number of H-pyrrole nitrogens is 1. The molecular weight excluding hydrogens is 749 g/mol. The summed E-state index contributed by atoms with van der Waals surface area (Å²) >= 11 is 0. The van der Waals surface area contributed by atoms with Gasteiger partial charge >= 0.3 is 5.69 Å². The minimum atomic E-state index is -3.50. The minimum absolute atomic E-state index is 0.0352. The van der Waals surface area contributed by atoms with Crippen molar-refractivity contribution in [2.75, 3.05) is 52.4 Å². The van der Waals surface area contributed by atoms with Gasteiger partial charge in [0.05, 0.1) is 10.6 Å². The fraction of sp³-hybridized carbons (Fsp3) is 0.568. The van der Waals surface area contributed by atoms with E-state index in [1.807, 2.05) is 53.0 Å². The highest BCUT2D eigenvalue weighted by molar-refractivity contribution is 7.89. The predicted octanol–water partition coefficient (Wildman–Crippen LogP) is 5.37. The maximum atomic E-state index is 13.7. The van der Waals surface area contributed by atoms with Crippen molar-refractivity contribution in [2.24, 2.45) is 16.5 Å². The van der Waals surface area contributed by atoms with Gasteiger partial charge in [-0.05, 0) is 125 Å². The Bertz CT molecular complexity index is 2100. The molecule has 2 aliphatic rings. The Balaban J connectivity index is 0.000000221. The number of piperidine rings is 2. The summed E-state index contributed by atoms with van der Waals surface area (Å²) in [6.45, 7) is 20.6. The van der Waals surface area contributed by atoms with Crippen LogP contribution in [0.15, 0.2) is 75.5 Å². The minimum Gasteiger partial charge on any atom is -0.370 e. The van der Waals surface area contributed by atoms with Crippen molar-refractivity contribution in [3.8, 4) is 5.69 Å². The van der Waals surface area contributed by atoms with E-state index in [9.17, 15) is 13.2 Å². The third kappa shape index (κ3) is 12.7. The molecule has 0 bridgehead atoms. The Morgan fingerprint density at radius 2 is 1.66 bits per heavy atom. The fourth-order valence-corrected chi connectivity index (χ4v) is 9.26. The average molecular weight is 817 g/mol. The van der Waals surface area contributed by atoms with E-state index in [1.165, 1.54) is 19.3 Å². The number of sulfonamides is 1. The molecule has 2 aliphatic heterocycles. The highest BCUT2D eigenvalue weighted by Gasteiger charge is 2.33. The number of nitrogens with one attached hydrogen (secondary N) is 3. The zero-order valence-electron chi connectivity index (χ0n) is 35.7. The van der Waals surface area contributed by atoms with Gasteiger partial charge in [0.15, 0.2) is 5.96 Å². The smallest absolute Gasteiger partial charge is 0.354 e.